The van der Waals surface area contributed by atoms with E-state index in [0.717, 1.165) is 11.1 Å². The lowest BCUT2D eigenvalue weighted by molar-refractivity contribution is -0.131. The Bertz CT molecular complexity index is 2280. The van der Waals surface area contributed by atoms with Crippen LogP contribution in [0, 0.1) is 29.1 Å². The second-order valence-electron chi connectivity index (χ2n) is 14.0. The molecule has 10 heteroatoms. The Morgan fingerprint density at radius 1 is 0.824 bits per heavy atom. The maximum Gasteiger partial charge on any atom is 0.241 e. The summed E-state index contributed by atoms with van der Waals surface area (Å²) in [5.41, 5.74) is 2.93. The Morgan fingerprint density at radius 2 is 1.55 bits per heavy atom. The number of oxazole rings is 1. The van der Waals surface area contributed by atoms with Crippen LogP contribution in [0.25, 0.3) is 22.6 Å². The number of fused-ring (bicyclic) bond motifs is 5. The first-order valence-corrected chi connectivity index (χ1v) is 17.0. The summed E-state index contributed by atoms with van der Waals surface area (Å²) >= 11 is 0. The highest BCUT2D eigenvalue weighted by Gasteiger charge is 2.68. The van der Waals surface area contributed by atoms with E-state index in [1.165, 1.54) is 23.0 Å². The van der Waals surface area contributed by atoms with Crippen LogP contribution in [-0.4, -0.2) is 40.8 Å². The normalized spacial score (nSPS) is 27.0. The third kappa shape index (κ3) is 4.38. The van der Waals surface area contributed by atoms with Gasteiger partial charge in [-0.1, -0.05) is 42.0 Å². The molecule has 4 aliphatic rings. The van der Waals surface area contributed by atoms with Crippen molar-refractivity contribution in [1.82, 2.24) is 4.98 Å². The van der Waals surface area contributed by atoms with E-state index in [1.54, 1.807) is 67.6 Å². The van der Waals surface area contributed by atoms with Gasteiger partial charge in [-0.3, -0.25) is 24.1 Å². The number of phenolic OH excluding ortho intramolecular Hbond substituents is 1. The summed E-state index contributed by atoms with van der Waals surface area (Å²) in [4.78, 5) is 64.6. The molecule has 3 fully saturated rings. The lowest BCUT2D eigenvalue weighted by Crippen LogP contribution is -2.48. The number of methoxy groups -OCH3 is 1. The molecule has 2 aliphatic carbocycles. The molecule has 0 radical (unpaired) electrons. The third-order valence-corrected chi connectivity index (χ3v) is 11.5. The van der Waals surface area contributed by atoms with Crippen LogP contribution in [0.15, 0.2) is 113 Å². The quantitative estimate of drug-likeness (QED) is 0.162. The zero-order chi connectivity index (χ0) is 35.2. The lowest BCUT2D eigenvalue weighted by Gasteiger charge is -2.49. The van der Waals surface area contributed by atoms with Crippen molar-refractivity contribution in [2.45, 2.75) is 25.7 Å². The van der Waals surface area contributed by atoms with E-state index in [-0.39, 0.29) is 42.2 Å². The highest BCUT2D eigenvalue weighted by atomic mass is 16.5. The molecule has 1 N–H and O–H groups in total. The van der Waals surface area contributed by atoms with E-state index in [4.69, 9.17) is 9.15 Å². The van der Waals surface area contributed by atoms with Crippen molar-refractivity contribution < 1.29 is 33.4 Å². The van der Waals surface area contributed by atoms with Crippen LogP contribution < -0.4 is 14.5 Å². The van der Waals surface area contributed by atoms with Crippen LogP contribution >= 0.6 is 0 Å². The van der Waals surface area contributed by atoms with Crippen LogP contribution in [0.4, 0.5) is 11.4 Å². The highest BCUT2D eigenvalue weighted by molar-refractivity contribution is 6.25. The van der Waals surface area contributed by atoms with Crippen molar-refractivity contribution in [3.8, 4) is 23.0 Å². The van der Waals surface area contributed by atoms with Crippen molar-refractivity contribution in [2.75, 3.05) is 16.9 Å². The lowest BCUT2D eigenvalue weighted by atomic mass is 9.51. The maximum absolute atomic E-state index is 14.6. The number of aromatic nitrogens is 1. The smallest absolute Gasteiger partial charge is 0.241 e. The molecule has 4 amide bonds. The summed E-state index contributed by atoms with van der Waals surface area (Å²) in [7, 11) is 1.52. The van der Waals surface area contributed by atoms with Crippen LogP contribution in [0.1, 0.15) is 31.2 Å². The molecule has 6 unspecified atom stereocenters. The number of carbonyl (C=O) groups excluding carboxylic acids is 4. The van der Waals surface area contributed by atoms with Gasteiger partial charge in [0, 0.05) is 17.0 Å². The molecular formula is C41H33N3O7. The van der Waals surface area contributed by atoms with Crippen molar-refractivity contribution in [3.05, 3.63) is 114 Å². The predicted octanol–water partition coefficient (Wildman–Crippen LogP) is 6.64. The fourth-order valence-corrected chi connectivity index (χ4v) is 9.08. The number of aromatic hydroxyl groups is 1. The number of imide groups is 2. The SMILES string of the molecule is COc1ccc(O)c(C2C3=CCC4C(=O)N(c5ccc(-c6nc7ccccc7o6)cc5)C(=O)C4C3CC3C(=O)N(c4ccccc4)C(=O)C32C)c1. The van der Waals surface area contributed by atoms with Gasteiger partial charge < -0.3 is 14.3 Å². The van der Waals surface area contributed by atoms with Crippen molar-refractivity contribution in [1.29, 1.82) is 0 Å². The van der Waals surface area contributed by atoms with Crippen LogP contribution in [0.3, 0.4) is 0 Å². The zero-order valence-corrected chi connectivity index (χ0v) is 27.9. The van der Waals surface area contributed by atoms with Gasteiger partial charge in [0.05, 0.1) is 41.7 Å². The Balaban J connectivity index is 1.11. The average Bonchev–Trinajstić information content (AvgIpc) is 3.76. The molecule has 0 spiro atoms. The van der Waals surface area contributed by atoms with Gasteiger partial charge in [-0.15, -0.1) is 0 Å². The topological polar surface area (TPSA) is 130 Å². The van der Waals surface area contributed by atoms with Gasteiger partial charge in [-0.05, 0) is 92.4 Å². The Labute approximate surface area is 292 Å². The van der Waals surface area contributed by atoms with E-state index in [0.29, 0.717) is 39.7 Å². The Morgan fingerprint density at radius 3 is 2.29 bits per heavy atom. The zero-order valence-electron chi connectivity index (χ0n) is 27.9. The third-order valence-electron chi connectivity index (χ3n) is 11.5. The number of anilines is 2. The molecule has 1 saturated carbocycles. The number of rotatable bonds is 5. The summed E-state index contributed by atoms with van der Waals surface area (Å²) in [6, 6.07) is 28.1. The summed E-state index contributed by atoms with van der Waals surface area (Å²) in [5, 5.41) is 11.3. The number of ether oxygens (including phenoxy) is 1. The van der Waals surface area contributed by atoms with E-state index < -0.39 is 35.0 Å². The fraction of sp³-hybridized carbons (Fsp3) is 0.244. The minimum atomic E-state index is -1.28. The largest absolute Gasteiger partial charge is 0.508 e. The summed E-state index contributed by atoms with van der Waals surface area (Å²) in [6.45, 7) is 1.79. The first kappa shape index (κ1) is 31.0. The first-order valence-electron chi connectivity index (χ1n) is 17.0. The predicted molar refractivity (Wildman–Crippen MR) is 188 cm³/mol. The van der Waals surface area contributed by atoms with Crippen LogP contribution in [0.5, 0.6) is 11.5 Å². The van der Waals surface area contributed by atoms with Gasteiger partial charge in [0.15, 0.2) is 5.58 Å². The van der Waals surface area contributed by atoms with E-state index >= 15 is 0 Å². The second-order valence-corrected chi connectivity index (χ2v) is 14.0. The Kier molecular flexibility index (Phi) is 6.83. The molecule has 4 aromatic carbocycles. The van der Waals surface area contributed by atoms with Crippen molar-refractivity contribution in [3.63, 3.8) is 0 Å². The molecule has 5 aromatic rings. The molecule has 0 bridgehead atoms. The first-order chi connectivity index (χ1) is 24.7. The molecule has 254 valence electrons. The number of carbonyl (C=O) groups is 4. The molecule has 9 rings (SSSR count). The molecule has 2 aliphatic heterocycles. The van der Waals surface area contributed by atoms with Crippen molar-refractivity contribution in [2.24, 2.45) is 29.1 Å². The molecule has 1 aromatic heterocycles. The number of para-hydroxylation sites is 3. The molecule has 51 heavy (non-hydrogen) atoms. The van der Waals surface area contributed by atoms with Crippen molar-refractivity contribution >= 4 is 46.1 Å². The number of amides is 4. The number of hydrogen-bond acceptors (Lipinski definition) is 8. The number of nitrogens with zero attached hydrogens (tertiary/aromatic N) is 3. The number of allylic oxidation sites excluding steroid dienone is 2. The standard InChI is InChI=1S/C41H33N3O7/c1-41-30(38(47)44(40(41)49)23-8-4-3-5-9-23)21-28-26(35(41)29-20-25(50-2)16-19-32(29)45)17-18-27-34(28)39(48)43(37(27)46)24-14-12-22(13-15-24)36-42-31-10-6-7-11-33(31)51-36/h3-17,19-20,27-28,30,34-35,45H,18,21H2,1-2H3. The van der Waals surface area contributed by atoms with Gasteiger partial charge in [-0.25, -0.2) is 9.88 Å². The second kappa shape index (κ2) is 11.2. The maximum atomic E-state index is 14.6. The van der Waals surface area contributed by atoms with Gasteiger partial charge in [0.1, 0.15) is 17.0 Å². The molecule has 2 saturated heterocycles. The summed E-state index contributed by atoms with van der Waals surface area (Å²) in [6.07, 6.45) is 2.46. The monoisotopic (exact) mass is 679 g/mol. The van der Waals surface area contributed by atoms with Crippen LogP contribution in [-0.2, 0) is 19.2 Å². The van der Waals surface area contributed by atoms with E-state index in [9.17, 15) is 24.3 Å². The minimum Gasteiger partial charge on any atom is -0.508 e. The molecule has 3 heterocycles. The highest BCUT2D eigenvalue weighted by Crippen LogP contribution is 2.64. The van der Waals surface area contributed by atoms with Gasteiger partial charge in [0.2, 0.25) is 29.5 Å². The number of hydrogen-bond donors (Lipinski definition) is 1. The molecule has 10 nitrogen and oxygen atoms in total. The minimum absolute atomic E-state index is 0.0441. The van der Waals surface area contributed by atoms with Gasteiger partial charge in [0.25, 0.3) is 0 Å². The van der Waals surface area contributed by atoms with E-state index in [1.807, 2.05) is 36.4 Å². The van der Waals surface area contributed by atoms with Gasteiger partial charge >= 0.3 is 0 Å². The number of phenols is 1. The fourth-order valence-electron chi connectivity index (χ4n) is 9.08. The average molecular weight is 680 g/mol. The number of benzene rings is 4. The molecular weight excluding hydrogens is 646 g/mol. The summed E-state index contributed by atoms with van der Waals surface area (Å²) < 4.78 is 11.4. The van der Waals surface area contributed by atoms with Crippen LogP contribution in [0.2, 0.25) is 0 Å². The van der Waals surface area contributed by atoms with E-state index in [2.05, 4.69) is 4.98 Å². The van der Waals surface area contributed by atoms with Gasteiger partial charge in [-0.2, -0.15) is 0 Å². The molecule has 6 atom stereocenters. The Hall–Kier alpha value is -6.03. The summed E-state index contributed by atoms with van der Waals surface area (Å²) in [5.74, 6) is -3.97.